The molecule has 1 amide bonds. The number of nitrogens with two attached hydrogens (primary N) is 1. The fourth-order valence-electron chi connectivity index (χ4n) is 1.24. The minimum atomic E-state index is -0.322. The van der Waals surface area contributed by atoms with Gasteiger partial charge in [-0.1, -0.05) is 27.2 Å². The smallest absolute Gasteiger partial charge is 0.246 e. The predicted octanol–water partition coefficient (Wildman–Crippen LogP) is 2.18. The molecule has 0 unspecified atom stereocenters. The lowest BCUT2D eigenvalue weighted by Crippen LogP contribution is -2.24. The van der Waals surface area contributed by atoms with Crippen molar-refractivity contribution >= 4 is 5.91 Å². The van der Waals surface area contributed by atoms with Crippen LogP contribution in [0.15, 0.2) is 11.3 Å². The molecule has 3 N–H and O–H groups in total. The van der Waals surface area contributed by atoms with Crippen LogP contribution in [0.4, 0.5) is 0 Å². The van der Waals surface area contributed by atoms with Gasteiger partial charge >= 0.3 is 0 Å². The zero-order valence-corrected chi connectivity index (χ0v) is 10.4. The zero-order valence-electron chi connectivity index (χ0n) is 10.4. The van der Waals surface area contributed by atoms with Crippen LogP contribution in [0.25, 0.3) is 0 Å². The molecule has 15 heavy (non-hydrogen) atoms. The summed E-state index contributed by atoms with van der Waals surface area (Å²) in [5.41, 5.74) is 6.96. The second kappa shape index (κ2) is 7.32. The molecule has 0 aromatic carbocycles. The van der Waals surface area contributed by atoms with Crippen LogP contribution in [0.1, 0.15) is 47.0 Å². The summed E-state index contributed by atoms with van der Waals surface area (Å²) in [5.74, 6) is 0.250. The Kier molecular flexibility index (Phi) is 6.84. The SMILES string of the molecule is CCCCC(NCC(C)C)=C(C)C(N)=O. The van der Waals surface area contributed by atoms with E-state index in [4.69, 9.17) is 5.73 Å². The number of allylic oxidation sites excluding steroid dienone is 1. The van der Waals surface area contributed by atoms with E-state index in [1.54, 1.807) is 6.92 Å². The standard InChI is InChI=1S/C12H24N2O/c1-5-6-7-11(10(4)12(13)15)14-8-9(2)3/h9,14H,5-8H2,1-4H3,(H2,13,15). The molecule has 0 radical (unpaired) electrons. The lowest BCUT2D eigenvalue weighted by atomic mass is 10.1. The topological polar surface area (TPSA) is 55.1 Å². The monoisotopic (exact) mass is 212 g/mol. The van der Waals surface area contributed by atoms with Crippen LogP contribution in [0.2, 0.25) is 0 Å². The average Bonchev–Trinajstić information content (AvgIpc) is 2.16. The normalized spacial score (nSPS) is 12.6. The van der Waals surface area contributed by atoms with E-state index in [-0.39, 0.29) is 5.91 Å². The van der Waals surface area contributed by atoms with Crippen molar-refractivity contribution in [2.75, 3.05) is 6.54 Å². The van der Waals surface area contributed by atoms with Gasteiger partial charge in [0.2, 0.25) is 5.91 Å². The van der Waals surface area contributed by atoms with Crippen molar-refractivity contribution in [3.8, 4) is 0 Å². The maximum atomic E-state index is 11.1. The van der Waals surface area contributed by atoms with E-state index < -0.39 is 0 Å². The molecular weight excluding hydrogens is 188 g/mol. The first-order chi connectivity index (χ1) is 6.99. The van der Waals surface area contributed by atoms with Gasteiger partial charge in [0.1, 0.15) is 0 Å². The molecule has 0 saturated carbocycles. The summed E-state index contributed by atoms with van der Waals surface area (Å²) < 4.78 is 0. The first-order valence-corrected chi connectivity index (χ1v) is 5.72. The Morgan fingerprint density at radius 1 is 1.40 bits per heavy atom. The van der Waals surface area contributed by atoms with E-state index in [0.29, 0.717) is 11.5 Å². The summed E-state index contributed by atoms with van der Waals surface area (Å²) in [6, 6.07) is 0. The van der Waals surface area contributed by atoms with Crippen molar-refractivity contribution in [2.45, 2.75) is 47.0 Å². The highest BCUT2D eigenvalue weighted by Gasteiger charge is 2.07. The van der Waals surface area contributed by atoms with Gasteiger partial charge in [-0.3, -0.25) is 4.79 Å². The number of carbonyl (C=O) groups excluding carboxylic acids is 1. The van der Waals surface area contributed by atoms with Crippen molar-refractivity contribution < 1.29 is 4.79 Å². The van der Waals surface area contributed by atoms with Crippen molar-refractivity contribution in [1.82, 2.24) is 5.32 Å². The molecule has 0 aliphatic rings. The van der Waals surface area contributed by atoms with Crippen molar-refractivity contribution in [3.05, 3.63) is 11.3 Å². The van der Waals surface area contributed by atoms with Gasteiger partial charge in [-0.05, 0) is 25.7 Å². The minimum absolute atomic E-state index is 0.322. The van der Waals surface area contributed by atoms with E-state index in [1.165, 1.54) is 0 Å². The number of hydrogen-bond donors (Lipinski definition) is 2. The van der Waals surface area contributed by atoms with Crippen LogP contribution < -0.4 is 11.1 Å². The maximum Gasteiger partial charge on any atom is 0.246 e. The highest BCUT2D eigenvalue weighted by atomic mass is 16.1. The number of hydrogen-bond acceptors (Lipinski definition) is 2. The Hall–Kier alpha value is -0.990. The van der Waals surface area contributed by atoms with E-state index in [1.807, 2.05) is 0 Å². The van der Waals surface area contributed by atoms with Crippen molar-refractivity contribution in [2.24, 2.45) is 11.7 Å². The number of amides is 1. The fraction of sp³-hybridized carbons (Fsp3) is 0.750. The molecule has 3 nitrogen and oxygen atoms in total. The third-order valence-electron chi connectivity index (χ3n) is 2.33. The largest absolute Gasteiger partial charge is 0.388 e. The lowest BCUT2D eigenvalue weighted by molar-refractivity contribution is -0.114. The number of unbranched alkanes of at least 4 members (excludes halogenated alkanes) is 1. The Labute approximate surface area is 93.1 Å². The lowest BCUT2D eigenvalue weighted by Gasteiger charge is -2.15. The molecule has 0 saturated heterocycles. The van der Waals surface area contributed by atoms with Crippen LogP contribution in [0, 0.1) is 5.92 Å². The highest BCUT2D eigenvalue weighted by molar-refractivity contribution is 5.91. The molecule has 0 aromatic rings. The molecule has 88 valence electrons. The van der Waals surface area contributed by atoms with E-state index >= 15 is 0 Å². The summed E-state index contributed by atoms with van der Waals surface area (Å²) >= 11 is 0. The summed E-state index contributed by atoms with van der Waals surface area (Å²) in [7, 11) is 0. The molecule has 0 bridgehead atoms. The summed E-state index contributed by atoms with van der Waals surface area (Å²) in [6.07, 6.45) is 3.13. The molecule has 3 heteroatoms. The summed E-state index contributed by atoms with van der Waals surface area (Å²) in [5, 5.41) is 3.31. The van der Waals surface area contributed by atoms with E-state index in [0.717, 1.165) is 31.5 Å². The molecule has 0 atom stereocenters. The first-order valence-electron chi connectivity index (χ1n) is 5.72. The highest BCUT2D eigenvalue weighted by Crippen LogP contribution is 2.10. The van der Waals surface area contributed by atoms with Crippen LogP contribution in [0.3, 0.4) is 0 Å². The third-order valence-corrected chi connectivity index (χ3v) is 2.33. The molecule has 0 aliphatic heterocycles. The van der Waals surface area contributed by atoms with Gasteiger partial charge in [-0.15, -0.1) is 0 Å². The fourth-order valence-corrected chi connectivity index (χ4v) is 1.24. The molecule has 0 aliphatic carbocycles. The van der Waals surface area contributed by atoms with Gasteiger partial charge in [-0.25, -0.2) is 0 Å². The van der Waals surface area contributed by atoms with Gasteiger partial charge in [0.25, 0.3) is 0 Å². The minimum Gasteiger partial charge on any atom is -0.388 e. The molecular formula is C12H24N2O. The average molecular weight is 212 g/mol. The van der Waals surface area contributed by atoms with Gasteiger partial charge in [0.15, 0.2) is 0 Å². The quantitative estimate of drug-likeness (QED) is 0.635. The van der Waals surface area contributed by atoms with Gasteiger partial charge in [0.05, 0.1) is 0 Å². The number of rotatable bonds is 7. The first kappa shape index (κ1) is 14.0. The number of carbonyl (C=O) groups is 1. The molecule has 0 spiro atoms. The molecule has 0 heterocycles. The Bertz CT molecular complexity index is 232. The van der Waals surface area contributed by atoms with E-state index in [2.05, 4.69) is 26.1 Å². The Balaban J connectivity index is 4.43. The molecule has 0 rings (SSSR count). The Morgan fingerprint density at radius 3 is 2.40 bits per heavy atom. The summed E-state index contributed by atoms with van der Waals surface area (Å²) in [6.45, 7) is 9.11. The molecule has 0 fully saturated rings. The third kappa shape index (κ3) is 6.15. The van der Waals surface area contributed by atoms with Gasteiger partial charge < -0.3 is 11.1 Å². The van der Waals surface area contributed by atoms with Crippen molar-refractivity contribution in [1.29, 1.82) is 0 Å². The number of primary amides is 1. The Morgan fingerprint density at radius 2 is 2.00 bits per heavy atom. The van der Waals surface area contributed by atoms with Crippen LogP contribution in [-0.4, -0.2) is 12.5 Å². The van der Waals surface area contributed by atoms with E-state index in [9.17, 15) is 4.79 Å². The zero-order chi connectivity index (χ0) is 11.8. The number of nitrogens with one attached hydrogen (secondary N) is 1. The second-order valence-corrected chi connectivity index (χ2v) is 4.35. The van der Waals surface area contributed by atoms with Crippen LogP contribution in [0.5, 0.6) is 0 Å². The van der Waals surface area contributed by atoms with Crippen molar-refractivity contribution in [3.63, 3.8) is 0 Å². The van der Waals surface area contributed by atoms with Gasteiger partial charge in [-0.2, -0.15) is 0 Å². The molecule has 0 aromatic heterocycles. The summed E-state index contributed by atoms with van der Waals surface area (Å²) in [4.78, 5) is 11.1. The van der Waals surface area contributed by atoms with Crippen LogP contribution >= 0.6 is 0 Å². The van der Waals surface area contributed by atoms with Gasteiger partial charge in [0, 0.05) is 17.8 Å². The maximum absolute atomic E-state index is 11.1. The second-order valence-electron chi connectivity index (χ2n) is 4.35. The predicted molar refractivity (Wildman–Crippen MR) is 64.3 cm³/mol. The van der Waals surface area contributed by atoms with Crippen LogP contribution in [-0.2, 0) is 4.79 Å².